The number of H-pyrrole nitrogens is 1. The number of nitrogens with two attached hydrogens (primary N) is 1. The zero-order valence-electron chi connectivity index (χ0n) is 12.1. The third kappa shape index (κ3) is 3.13. The SMILES string of the molecule is CCCN(CC(=O)NC)c1cc2nc[nH]c(=O)c2cc1N. The third-order valence-corrected chi connectivity index (χ3v) is 3.24. The first-order valence-corrected chi connectivity index (χ1v) is 6.79. The van der Waals surface area contributed by atoms with E-state index in [1.165, 1.54) is 6.33 Å². The van der Waals surface area contributed by atoms with Crippen molar-refractivity contribution in [2.45, 2.75) is 13.3 Å². The highest BCUT2D eigenvalue weighted by Crippen LogP contribution is 2.27. The van der Waals surface area contributed by atoms with E-state index < -0.39 is 0 Å². The number of fused-ring (bicyclic) bond motifs is 1. The van der Waals surface area contributed by atoms with Crippen molar-refractivity contribution in [3.8, 4) is 0 Å². The Balaban J connectivity index is 2.49. The largest absolute Gasteiger partial charge is 0.397 e. The molecule has 7 heteroatoms. The molecule has 0 spiro atoms. The summed E-state index contributed by atoms with van der Waals surface area (Å²) in [5.74, 6) is -0.0955. The molecule has 1 heterocycles. The molecule has 0 aliphatic heterocycles. The Morgan fingerprint density at radius 1 is 1.48 bits per heavy atom. The van der Waals surface area contributed by atoms with Gasteiger partial charge in [0.25, 0.3) is 5.56 Å². The van der Waals surface area contributed by atoms with Crippen LogP contribution >= 0.6 is 0 Å². The maximum atomic E-state index is 11.7. The highest BCUT2D eigenvalue weighted by Gasteiger charge is 2.14. The standard InChI is InChI=1S/C14H19N5O2/c1-3-4-19(7-13(20)16-2)12-6-11-9(5-10(12)15)14(21)18-8-17-11/h5-6,8H,3-4,7,15H2,1-2H3,(H,16,20)(H,17,18,21). The lowest BCUT2D eigenvalue weighted by Gasteiger charge is -2.25. The highest BCUT2D eigenvalue weighted by molar-refractivity contribution is 5.90. The minimum atomic E-state index is -0.230. The Morgan fingerprint density at radius 3 is 2.90 bits per heavy atom. The Bertz CT molecular complexity index is 710. The molecule has 1 amide bonds. The molecule has 21 heavy (non-hydrogen) atoms. The third-order valence-electron chi connectivity index (χ3n) is 3.24. The van der Waals surface area contributed by atoms with E-state index in [9.17, 15) is 9.59 Å². The predicted octanol–water partition coefficient (Wildman–Crippen LogP) is 0.468. The van der Waals surface area contributed by atoms with Crippen LogP contribution in [0.2, 0.25) is 0 Å². The topological polar surface area (TPSA) is 104 Å². The maximum Gasteiger partial charge on any atom is 0.258 e. The molecule has 0 radical (unpaired) electrons. The molecule has 0 saturated carbocycles. The summed E-state index contributed by atoms with van der Waals surface area (Å²) in [6.07, 6.45) is 2.23. The zero-order chi connectivity index (χ0) is 15.4. The molecule has 0 fully saturated rings. The van der Waals surface area contributed by atoms with Gasteiger partial charge in [-0.05, 0) is 18.6 Å². The normalized spacial score (nSPS) is 10.6. The van der Waals surface area contributed by atoms with Crippen LogP contribution < -0.4 is 21.5 Å². The van der Waals surface area contributed by atoms with Gasteiger partial charge in [0.15, 0.2) is 0 Å². The first-order valence-electron chi connectivity index (χ1n) is 6.79. The monoisotopic (exact) mass is 289 g/mol. The van der Waals surface area contributed by atoms with Crippen molar-refractivity contribution in [1.29, 1.82) is 0 Å². The smallest absolute Gasteiger partial charge is 0.258 e. The molecule has 2 rings (SSSR count). The maximum absolute atomic E-state index is 11.7. The molecule has 1 aromatic heterocycles. The van der Waals surface area contributed by atoms with E-state index in [1.807, 2.05) is 11.8 Å². The number of hydrogen-bond acceptors (Lipinski definition) is 5. The number of nitrogen functional groups attached to an aromatic ring is 1. The molecular weight excluding hydrogens is 270 g/mol. The number of amides is 1. The molecule has 0 aliphatic carbocycles. The molecule has 2 aromatic rings. The van der Waals surface area contributed by atoms with E-state index in [0.29, 0.717) is 28.8 Å². The Morgan fingerprint density at radius 2 is 2.24 bits per heavy atom. The van der Waals surface area contributed by atoms with Crippen molar-refractivity contribution in [1.82, 2.24) is 15.3 Å². The second-order valence-corrected chi connectivity index (χ2v) is 4.75. The van der Waals surface area contributed by atoms with Gasteiger partial charge in [0.1, 0.15) is 0 Å². The minimum Gasteiger partial charge on any atom is -0.397 e. The molecule has 112 valence electrons. The van der Waals surface area contributed by atoms with Crippen molar-refractivity contribution in [2.24, 2.45) is 0 Å². The van der Waals surface area contributed by atoms with Gasteiger partial charge in [-0.15, -0.1) is 0 Å². The van der Waals surface area contributed by atoms with Crippen LogP contribution in [0.4, 0.5) is 11.4 Å². The fourth-order valence-corrected chi connectivity index (χ4v) is 2.20. The van der Waals surface area contributed by atoms with Crippen LogP contribution in [-0.4, -0.2) is 36.0 Å². The van der Waals surface area contributed by atoms with Crippen molar-refractivity contribution in [2.75, 3.05) is 30.8 Å². The molecule has 0 unspecified atom stereocenters. The summed E-state index contributed by atoms with van der Waals surface area (Å²) in [5.41, 5.74) is 7.55. The van der Waals surface area contributed by atoms with Crippen LogP contribution in [0.3, 0.4) is 0 Å². The lowest BCUT2D eigenvalue weighted by atomic mass is 10.1. The van der Waals surface area contributed by atoms with Gasteiger partial charge >= 0.3 is 0 Å². The molecule has 0 saturated heterocycles. The number of anilines is 2. The van der Waals surface area contributed by atoms with Crippen LogP contribution in [0.15, 0.2) is 23.3 Å². The summed E-state index contributed by atoms with van der Waals surface area (Å²) in [4.78, 5) is 31.9. The van der Waals surface area contributed by atoms with Gasteiger partial charge in [-0.3, -0.25) is 9.59 Å². The van der Waals surface area contributed by atoms with Gasteiger partial charge in [0, 0.05) is 13.6 Å². The number of rotatable bonds is 5. The van der Waals surface area contributed by atoms with E-state index in [2.05, 4.69) is 15.3 Å². The predicted molar refractivity (Wildman–Crippen MR) is 83.3 cm³/mol. The van der Waals surface area contributed by atoms with Crippen molar-refractivity contribution in [3.05, 3.63) is 28.8 Å². The average molecular weight is 289 g/mol. The van der Waals surface area contributed by atoms with E-state index >= 15 is 0 Å². The van der Waals surface area contributed by atoms with Crippen LogP contribution in [0.1, 0.15) is 13.3 Å². The number of carbonyl (C=O) groups is 1. The molecule has 7 nitrogen and oxygen atoms in total. The number of likely N-dealkylation sites (N-methyl/N-ethyl adjacent to an activating group) is 1. The van der Waals surface area contributed by atoms with Crippen LogP contribution in [0.25, 0.3) is 10.9 Å². The minimum absolute atomic E-state index is 0.0955. The number of nitrogens with zero attached hydrogens (tertiary/aromatic N) is 2. The second-order valence-electron chi connectivity index (χ2n) is 4.75. The van der Waals surface area contributed by atoms with Gasteiger partial charge in [-0.25, -0.2) is 4.98 Å². The van der Waals surface area contributed by atoms with E-state index in [1.54, 1.807) is 19.2 Å². The number of hydrogen-bond donors (Lipinski definition) is 3. The fourth-order valence-electron chi connectivity index (χ4n) is 2.20. The second kappa shape index (κ2) is 6.25. The molecule has 0 atom stereocenters. The van der Waals surface area contributed by atoms with Gasteiger partial charge in [0.2, 0.25) is 5.91 Å². The summed E-state index contributed by atoms with van der Waals surface area (Å²) < 4.78 is 0. The first kappa shape index (κ1) is 14.8. The van der Waals surface area contributed by atoms with E-state index in [-0.39, 0.29) is 18.0 Å². The number of nitrogens with one attached hydrogen (secondary N) is 2. The number of aromatic nitrogens is 2. The quantitative estimate of drug-likeness (QED) is 0.694. The molecule has 0 aliphatic rings. The van der Waals surface area contributed by atoms with Gasteiger partial charge in [-0.1, -0.05) is 6.92 Å². The number of carbonyl (C=O) groups excluding carboxylic acids is 1. The number of aromatic amines is 1. The summed E-state index contributed by atoms with van der Waals surface area (Å²) in [6.45, 7) is 2.92. The van der Waals surface area contributed by atoms with Crippen LogP contribution in [-0.2, 0) is 4.79 Å². The zero-order valence-corrected chi connectivity index (χ0v) is 12.1. The van der Waals surface area contributed by atoms with Gasteiger partial charge in [-0.2, -0.15) is 0 Å². The average Bonchev–Trinajstić information content (AvgIpc) is 2.47. The summed E-state index contributed by atoms with van der Waals surface area (Å²) in [7, 11) is 1.59. The summed E-state index contributed by atoms with van der Waals surface area (Å²) in [5, 5.41) is 3.04. The van der Waals surface area contributed by atoms with Crippen LogP contribution in [0.5, 0.6) is 0 Å². The Labute approximate surface area is 122 Å². The molecular formula is C14H19N5O2. The van der Waals surface area contributed by atoms with Crippen molar-refractivity contribution < 1.29 is 4.79 Å². The summed E-state index contributed by atoms with van der Waals surface area (Å²) >= 11 is 0. The van der Waals surface area contributed by atoms with Crippen LogP contribution in [0, 0.1) is 0 Å². The van der Waals surface area contributed by atoms with Gasteiger partial charge < -0.3 is 20.9 Å². The van der Waals surface area contributed by atoms with E-state index in [0.717, 1.165) is 6.42 Å². The molecule has 0 bridgehead atoms. The lowest BCUT2D eigenvalue weighted by molar-refractivity contribution is -0.119. The summed E-state index contributed by atoms with van der Waals surface area (Å²) in [6, 6.07) is 3.35. The Hall–Kier alpha value is -2.57. The van der Waals surface area contributed by atoms with Crippen molar-refractivity contribution >= 4 is 28.2 Å². The Kier molecular flexibility index (Phi) is 4.42. The highest BCUT2D eigenvalue weighted by atomic mass is 16.2. The lowest BCUT2D eigenvalue weighted by Crippen LogP contribution is -2.36. The fraction of sp³-hybridized carbons (Fsp3) is 0.357. The first-order chi connectivity index (χ1) is 10.1. The molecule has 1 aromatic carbocycles. The molecule has 4 N–H and O–H groups in total. The van der Waals surface area contributed by atoms with Gasteiger partial charge in [0.05, 0.1) is 35.1 Å². The van der Waals surface area contributed by atoms with Crippen molar-refractivity contribution in [3.63, 3.8) is 0 Å². The number of benzene rings is 1. The van der Waals surface area contributed by atoms with E-state index in [4.69, 9.17) is 5.73 Å².